The van der Waals surface area contributed by atoms with E-state index in [1.54, 1.807) is 0 Å². The van der Waals surface area contributed by atoms with Crippen molar-refractivity contribution in [2.24, 2.45) is 5.73 Å². The van der Waals surface area contributed by atoms with Crippen LogP contribution < -0.4 is 20.7 Å². The third-order valence-electron chi connectivity index (χ3n) is 3.25. The summed E-state index contributed by atoms with van der Waals surface area (Å²) in [5.41, 5.74) is 7.34. The number of benzene rings is 1. The van der Waals surface area contributed by atoms with E-state index in [0.29, 0.717) is 12.6 Å². The monoisotopic (exact) mass is 249 g/mol. The van der Waals surface area contributed by atoms with Crippen LogP contribution in [0.2, 0.25) is 0 Å². The van der Waals surface area contributed by atoms with E-state index in [0.717, 1.165) is 23.5 Å². The third-order valence-corrected chi connectivity index (χ3v) is 3.25. The Kier molecular flexibility index (Phi) is 3.72. The molecule has 5 nitrogen and oxygen atoms in total. The molecule has 0 fully saturated rings. The minimum atomic E-state index is -0.114. The number of amides is 1. The molecule has 0 saturated carbocycles. The van der Waals surface area contributed by atoms with E-state index in [1.807, 2.05) is 25.2 Å². The maximum Gasteiger partial charge on any atom is 0.262 e. The Hall–Kier alpha value is -1.75. The summed E-state index contributed by atoms with van der Waals surface area (Å²) in [4.78, 5) is 13.4. The van der Waals surface area contributed by atoms with E-state index in [4.69, 9.17) is 10.5 Å². The van der Waals surface area contributed by atoms with Crippen molar-refractivity contribution in [3.63, 3.8) is 0 Å². The third kappa shape index (κ3) is 2.56. The summed E-state index contributed by atoms with van der Waals surface area (Å²) >= 11 is 0. The summed E-state index contributed by atoms with van der Waals surface area (Å²) in [6, 6.07) is 6.16. The van der Waals surface area contributed by atoms with Gasteiger partial charge in [-0.05, 0) is 38.1 Å². The molecule has 1 heterocycles. The number of ether oxygens (including phenoxy) is 1. The van der Waals surface area contributed by atoms with Crippen molar-refractivity contribution in [2.75, 3.05) is 30.4 Å². The fraction of sp³-hybridized carbons (Fsp3) is 0.462. The van der Waals surface area contributed by atoms with Gasteiger partial charge in [0.2, 0.25) is 0 Å². The molecule has 1 unspecified atom stereocenters. The fourth-order valence-electron chi connectivity index (χ4n) is 1.98. The predicted octanol–water partition coefficient (Wildman–Crippen LogP) is 1.19. The number of fused-ring (bicyclic) bond motifs is 1. The van der Waals surface area contributed by atoms with Gasteiger partial charge in [-0.1, -0.05) is 0 Å². The summed E-state index contributed by atoms with van der Waals surface area (Å²) in [5, 5.41) is 2.81. The summed E-state index contributed by atoms with van der Waals surface area (Å²) in [6.45, 7) is 2.88. The zero-order chi connectivity index (χ0) is 13.1. The van der Waals surface area contributed by atoms with Crippen molar-refractivity contribution < 1.29 is 9.53 Å². The Balaban J connectivity index is 2.20. The number of hydrogen-bond donors (Lipinski definition) is 2. The summed E-state index contributed by atoms with van der Waals surface area (Å²) < 4.78 is 5.33. The molecule has 18 heavy (non-hydrogen) atoms. The van der Waals surface area contributed by atoms with Crippen molar-refractivity contribution >= 4 is 17.3 Å². The number of nitrogens with one attached hydrogen (secondary N) is 1. The van der Waals surface area contributed by atoms with Gasteiger partial charge in [0.1, 0.15) is 5.75 Å². The molecule has 5 heteroatoms. The van der Waals surface area contributed by atoms with Crippen molar-refractivity contribution in [3.8, 4) is 5.75 Å². The van der Waals surface area contributed by atoms with Crippen molar-refractivity contribution in [1.82, 2.24) is 0 Å². The van der Waals surface area contributed by atoms with Gasteiger partial charge in [0.25, 0.3) is 5.91 Å². The summed E-state index contributed by atoms with van der Waals surface area (Å²) in [7, 11) is 2.02. The van der Waals surface area contributed by atoms with Crippen LogP contribution in [0.1, 0.15) is 13.3 Å². The number of carbonyl (C=O) groups is 1. The van der Waals surface area contributed by atoms with E-state index in [9.17, 15) is 4.79 Å². The SMILES string of the molecule is CC(CCN)N(C)c1ccc2c(c1)NC(=O)CO2. The van der Waals surface area contributed by atoms with E-state index >= 15 is 0 Å². The van der Waals surface area contributed by atoms with Crippen LogP contribution in [0.5, 0.6) is 5.75 Å². The maximum absolute atomic E-state index is 11.3. The quantitative estimate of drug-likeness (QED) is 0.841. The molecule has 1 aromatic carbocycles. The van der Waals surface area contributed by atoms with Crippen LogP contribution in [-0.4, -0.2) is 32.1 Å². The number of anilines is 2. The van der Waals surface area contributed by atoms with Gasteiger partial charge in [0.05, 0.1) is 5.69 Å². The highest BCUT2D eigenvalue weighted by molar-refractivity contribution is 5.96. The van der Waals surface area contributed by atoms with Gasteiger partial charge in [0.15, 0.2) is 6.61 Å². The standard InChI is InChI=1S/C13H19N3O2/c1-9(5-6-14)16(2)10-3-4-12-11(7-10)15-13(17)8-18-12/h3-4,7,9H,5-6,8,14H2,1-2H3,(H,15,17). The fourth-order valence-corrected chi connectivity index (χ4v) is 1.98. The van der Waals surface area contributed by atoms with Crippen molar-refractivity contribution in [3.05, 3.63) is 18.2 Å². The van der Waals surface area contributed by atoms with Gasteiger partial charge >= 0.3 is 0 Å². The first-order valence-electron chi connectivity index (χ1n) is 6.11. The molecule has 0 bridgehead atoms. The van der Waals surface area contributed by atoms with Crippen LogP contribution in [0, 0.1) is 0 Å². The lowest BCUT2D eigenvalue weighted by Crippen LogP contribution is -2.31. The first-order chi connectivity index (χ1) is 8.61. The van der Waals surface area contributed by atoms with E-state index in [-0.39, 0.29) is 12.5 Å². The minimum Gasteiger partial charge on any atom is -0.482 e. The molecule has 0 aliphatic carbocycles. The molecule has 0 aromatic heterocycles. The maximum atomic E-state index is 11.3. The number of nitrogens with zero attached hydrogens (tertiary/aromatic N) is 1. The normalized spacial score (nSPS) is 15.4. The Morgan fingerprint density at radius 3 is 3.06 bits per heavy atom. The zero-order valence-corrected chi connectivity index (χ0v) is 10.8. The lowest BCUT2D eigenvalue weighted by Gasteiger charge is -2.28. The first-order valence-corrected chi connectivity index (χ1v) is 6.11. The molecular weight excluding hydrogens is 230 g/mol. The zero-order valence-electron chi connectivity index (χ0n) is 10.8. The van der Waals surface area contributed by atoms with Crippen molar-refractivity contribution in [2.45, 2.75) is 19.4 Å². The molecule has 3 N–H and O–H groups in total. The highest BCUT2D eigenvalue weighted by Gasteiger charge is 2.17. The highest BCUT2D eigenvalue weighted by Crippen LogP contribution is 2.32. The molecular formula is C13H19N3O2. The summed E-state index contributed by atoms with van der Waals surface area (Å²) in [6.07, 6.45) is 0.927. The molecule has 0 spiro atoms. The molecule has 1 atom stereocenters. The highest BCUT2D eigenvalue weighted by atomic mass is 16.5. The van der Waals surface area contributed by atoms with Gasteiger partial charge in [-0.25, -0.2) is 0 Å². The van der Waals surface area contributed by atoms with Crippen LogP contribution in [0.25, 0.3) is 0 Å². The number of carbonyl (C=O) groups excluding carboxylic acids is 1. The lowest BCUT2D eigenvalue weighted by atomic mass is 10.1. The van der Waals surface area contributed by atoms with Gasteiger partial charge < -0.3 is 20.7 Å². The second kappa shape index (κ2) is 5.27. The van der Waals surface area contributed by atoms with Crippen LogP contribution in [-0.2, 0) is 4.79 Å². The van der Waals surface area contributed by atoms with Gasteiger partial charge in [-0.3, -0.25) is 4.79 Å². The lowest BCUT2D eigenvalue weighted by molar-refractivity contribution is -0.118. The van der Waals surface area contributed by atoms with Gasteiger partial charge in [0, 0.05) is 18.8 Å². The Labute approximate surface area is 107 Å². The topological polar surface area (TPSA) is 67.6 Å². The Morgan fingerprint density at radius 1 is 1.56 bits per heavy atom. The predicted molar refractivity (Wildman–Crippen MR) is 72.1 cm³/mol. The molecule has 98 valence electrons. The number of rotatable bonds is 4. The van der Waals surface area contributed by atoms with E-state index in [2.05, 4.69) is 17.1 Å². The van der Waals surface area contributed by atoms with Crippen LogP contribution >= 0.6 is 0 Å². The smallest absolute Gasteiger partial charge is 0.262 e. The average molecular weight is 249 g/mol. The number of nitrogens with two attached hydrogens (primary N) is 1. The largest absolute Gasteiger partial charge is 0.482 e. The molecule has 0 radical (unpaired) electrons. The second-order valence-corrected chi connectivity index (χ2v) is 4.55. The van der Waals surface area contributed by atoms with Gasteiger partial charge in [-0.2, -0.15) is 0 Å². The van der Waals surface area contributed by atoms with E-state index < -0.39 is 0 Å². The first kappa shape index (κ1) is 12.7. The molecule has 1 amide bonds. The molecule has 2 rings (SSSR count). The average Bonchev–Trinajstić information content (AvgIpc) is 2.37. The minimum absolute atomic E-state index is 0.0890. The Morgan fingerprint density at radius 2 is 2.33 bits per heavy atom. The van der Waals surface area contributed by atoms with E-state index in [1.165, 1.54) is 0 Å². The Bertz CT molecular complexity index is 448. The van der Waals surface area contributed by atoms with Crippen LogP contribution in [0.3, 0.4) is 0 Å². The molecule has 1 aliphatic heterocycles. The molecule has 1 aromatic rings. The van der Waals surface area contributed by atoms with Crippen LogP contribution in [0.4, 0.5) is 11.4 Å². The molecule has 0 saturated heterocycles. The summed E-state index contributed by atoms with van der Waals surface area (Å²) in [5.74, 6) is 0.607. The van der Waals surface area contributed by atoms with Gasteiger partial charge in [-0.15, -0.1) is 0 Å². The second-order valence-electron chi connectivity index (χ2n) is 4.55. The number of hydrogen-bond acceptors (Lipinski definition) is 4. The van der Waals surface area contributed by atoms with Crippen molar-refractivity contribution in [1.29, 1.82) is 0 Å². The van der Waals surface area contributed by atoms with Crippen LogP contribution in [0.15, 0.2) is 18.2 Å². The molecule has 1 aliphatic rings.